The average Bonchev–Trinajstić information content (AvgIpc) is 3.15. The smallest absolute Gasteiger partial charge is 0.319 e. The van der Waals surface area contributed by atoms with Crippen LogP contribution in [0.4, 0.5) is 0 Å². The number of hydrogen-bond donors (Lipinski definition) is 2. The van der Waals surface area contributed by atoms with Crippen LogP contribution in [0.1, 0.15) is 38.0 Å². The first-order valence-electron chi connectivity index (χ1n) is 6.33. The Balaban J connectivity index is 0.000000224. The number of carboxylic acids is 1. The van der Waals surface area contributed by atoms with Crippen molar-refractivity contribution in [2.24, 2.45) is 0 Å². The van der Waals surface area contributed by atoms with Crippen LogP contribution in [-0.2, 0) is 10.2 Å². The highest BCUT2D eigenvalue weighted by Gasteiger charge is 2.45. The molecule has 0 spiro atoms. The second-order valence-electron chi connectivity index (χ2n) is 4.55. The van der Waals surface area contributed by atoms with E-state index in [4.69, 9.17) is 4.42 Å². The van der Waals surface area contributed by atoms with Gasteiger partial charge >= 0.3 is 5.97 Å². The van der Waals surface area contributed by atoms with E-state index in [1.165, 1.54) is 12.5 Å². The van der Waals surface area contributed by atoms with E-state index < -0.39 is 11.4 Å². The minimum absolute atomic E-state index is 0.365. The number of aromatic nitrogens is 3. The third-order valence-electron chi connectivity index (χ3n) is 3.36. The van der Waals surface area contributed by atoms with E-state index in [0.29, 0.717) is 18.7 Å². The van der Waals surface area contributed by atoms with Gasteiger partial charge < -0.3 is 9.52 Å². The van der Waals surface area contributed by atoms with Crippen LogP contribution in [0.5, 0.6) is 0 Å². The third kappa shape index (κ3) is 3.01. The number of rotatable bonds is 2. The van der Waals surface area contributed by atoms with Gasteiger partial charge in [-0.15, -0.1) is 0 Å². The summed E-state index contributed by atoms with van der Waals surface area (Å²) in [6.07, 6.45) is 10.7. The molecule has 0 amide bonds. The molecule has 0 unspecified atom stereocenters. The first kappa shape index (κ1) is 13.3. The molecule has 1 aliphatic rings. The summed E-state index contributed by atoms with van der Waals surface area (Å²) < 4.78 is 5.15. The molecule has 0 aliphatic heterocycles. The quantitative estimate of drug-likeness (QED) is 0.867. The predicted molar refractivity (Wildman–Crippen MR) is 67.5 cm³/mol. The highest BCUT2D eigenvalue weighted by atomic mass is 16.4. The molecule has 0 radical (unpaired) electrons. The van der Waals surface area contributed by atoms with Gasteiger partial charge in [0, 0.05) is 12.4 Å². The second kappa shape index (κ2) is 6.17. The number of aromatic amines is 1. The Morgan fingerprint density at radius 1 is 1.32 bits per heavy atom. The first-order valence-corrected chi connectivity index (χ1v) is 6.33. The van der Waals surface area contributed by atoms with E-state index in [1.807, 2.05) is 6.07 Å². The number of carboxylic acid groups (broad SMARTS) is 1. The van der Waals surface area contributed by atoms with Gasteiger partial charge in [-0.1, -0.05) is 19.3 Å². The third-order valence-corrected chi connectivity index (χ3v) is 3.36. The lowest BCUT2D eigenvalue weighted by Crippen LogP contribution is -2.38. The monoisotopic (exact) mass is 263 g/mol. The molecule has 6 heteroatoms. The van der Waals surface area contributed by atoms with Crippen LogP contribution in [0, 0.1) is 0 Å². The molecule has 0 aromatic carbocycles. The molecule has 2 aromatic heterocycles. The van der Waals surface area contributed by atoms with Crippen molar-refractivity contribution < 1.29 is 14.3 Å². The Kier molecular flexibility index (Phi) is 4.33. The number of hydrogen-bond acceptors (Lipinski definition) is 4. The molecule has 102 valence electrons. The van der Waals surface area contributed by atoms with Gasteiger partial charge in [0.15, 0.2) is 0 Å². The number of carbonyl (C=O) groups is 1. The normalized spacial score (nSPS) is 17.3. The number of nitrogens with zero attached hydrogens (tertiary/aromatic N) is 2. The van der Waals surface area contributed by atoms with Crippen molar-refractivity contribution in [1.29, 1.82) is 0 Å². The largest absolute Gasteiger partial charge is 0.480 e. The van der Waals surface area contributed by atoms with E-state index in [0.717, 1.165) is 19.3 Å². The maximum absolute atomic E-state index is 11.3. The number of H-pyrrole nitrogens is 1. The maximum atomic E-state index is 11.3. The Labute approximate surface area is 110 Å². The van der Waals surface area contributed by atoms with Gasteiger partial charge in [-0.25, -0.2) is 4.98 Å². The van der Waals surface area contributed by atoms with Crippen molar-refractivity contribution in [3.8, 4) is 0 Å². The molecule has 1 fully saturated rings. The summed E-state index contributed by atoms with van der Waals surface area (Å²) in [5.74, 6) is -0.440. The van der Waals surface area contributed by atoms with Gasteiger partial charge in [-0.2, -0.15) is 5.10 Å². The minimum Gasteiger partial charge on any atom is -0.480 e. The standard InChI is InChI=1S/C10H13NO3.C3H4N2/c12-9(13)10(4-2-1-3-5-10)8-11-6-7-14-8;1-2-4-5-3-1/h6-7H,1-5H2,(H,12,13);1-3H,(H,4,5). The van der Waals surface area contributed by atoms with Gasteiger partial charge in [0.25, 0.3) is 0 Å². The zero-order valence-electron chi connectivity index (χ0n) is 10.6. The fourth-order valence-corrected chi connectivity index (χ4v) is 2.35. The van der Waals surface area contributed by atoms with Crippen molar-refractivity contribution >= 4 is 5.97 Å². The molecule has 2 aromatic rings. The van der Waals surface area contributed by atoms with Gasteiger partial charge in [0.1, 0.15) is 11.7 Å². The SMILES string of the molecule is O=C(O)C1(c2ncco2)CCCCC1.c1cn[nH]c1. The topological polar surface area (TPSA) is 92.0 Å². The zero-order chi connectivity index (χ0) is 13.6. The molecule has 1 saturated carbocycles. The molecule has 1 aliphatic carbocycles. The van der Waals surface area contributed by atoms with Crippen molar-refractivity contribution in [1.82, 2.24) is 15.2 Å². The van der Waals surface area contributed by atoms with E-state index in [9.17, 15) is 9.90 Å². The first-order chi connectivity index (χ1) is 9.26. The predicted octanol–water partition coefficient (Wildman–Crippen LogP) is 2.37. The zero-order valence-corrected chi connectivity index (χ0v) is 10.6. The molecule has 3 rings (SSSR count). The summed E-state index contributed by atoms with van der Waals surface area (Å²) in [5, 5.41) is 15.5. The Morgan fingerprint density at radius 3 is 2.53 bits per heavy atom. The number of aliphatic carboxylic acids is 1. The lowest BCUT2D eigenvalue weighted by Gasteiger charge is -2.29. The number of oxazole rings is 1. The molecule has 0 saturated heterocycles. The van der Waals surface area contributed by atoms with Crippen LogP contribution in [0.3, 0.4) is 0 Å². The Hall–Kier alpha value is -2.11. The molecule has 6 nitrogen and oxygen atoms in total. The summed E-state index contributed by atoms with van der Waals surface area (Å²) in [7, 11) is 0. The van der Waals surface area contributed by atoms with Crippen LogP contribution in [0.2, 0.25) is 0 Å². The molecular formula is C13H17N3O3. The van der Waals surface area contributed by atoms with Crippen molar-refractivity contribution in [2.45, 2.75) is 37.5 Å². The summed E-state index contributed by atoms with van der Waals surface area (Å²) in [6, 6.07) is 1.83. The lowest BCUT2D eigenvalue weighted by atomic mass is 9.74. The van der Waals surface area contributed by atoms with Crippen LogP contribution in [-0.4, -0.2) is 26.3 Å². The Morgan fingerprint density at radius 2 is 2.11 bits per heavy atom. The van der Waals surface area contributed by atoms with Gasteiger partial charge in [0.05, 0.1) is 6.20 Å². The summed E-state index contributed by atoms with van der Waals surface area (Å²) >= 11 is 0. The van der Waals surface area contributed by atoms with Gasteiger partial charge in [-0.05, 0) is 18.9 Å². The second-order valence-corrected chi connectivity index (χ2v) is 4.55. The number of nitrogens with one attached hydrogen (secondary N) is 1. The summed E-state index contributed by atoms with van der Waals surface area (Å²) in [6.45, 7) is 0. The summed E-state index contributed by atoms with van der Waals surface area (Å²) in [5.41, 5.74) is -0.859. The van der Waals surface area contributed by atoms with E-state index in [1.54, 1.807) is 12.4 Å². The average molecular weight is 263 g/mol. The van der Waals surface area contributed by atoms with Crippen LogP contribution in [0.15, 0.2) is 35.3 Å². The highest BCUT2D eigenvalue weighted by Crippen LogP contribution is 2.38. The lowest BCUT2D eigenvalue weighted by molar-refractivity contribution is -0.146. The molecule has 0 bridgehead atoms. The fraction of sp³-hybridized carbons (Fsp3) is 0.462. The molecule has 19 heavy (non-hydrogen) atoms. The van der Waals surface area contributed by atoms with Crippen LogP contribution in [0.25, 0.3) is 0 Å². The fourth-order valence-electron chi connectivity index (χ4n) is 2.35. The van der Waals surface area contributed by atoms with Crippen LogP contribution >= 0.6 is 0 Å². The van der Waals surface area contributed by atoms with E-state index in [-0.39, 0.29) is 0 Å². The molecule has 2 heterocycles. The maximum Gasteiger partial charge on any atom is 0.319 e. The van der Waals surface area contributed by atoms with Crippen molar-refractivity contribution in [2.75, 3.05) is 0 Å². The van der Waals surface area contributed by atoms with Crippen molar-refractivity contribution in [3.63, 3.8) is 0 Å². The van der Waals surface area contributed by atoms with Crippen LogP contribution < -0.4 is 0 Å². The molecule has 0 atom stereocenters. The van der Waals surface area contributed by atoms with Crippen molar-refractivity contribution in [3.05, 3.63) is 36.8 Å². The minimum atomic E-state index is -0.859. The summed E-state index contributed by atoms with van der Waals surface area (Å²) in [4.78, 5) is 15.3. The van der Waals surface area contributed by atoms with E-state index >= 15 is 0 Å². The molecule has 2 N–H and O–H groups in total. The highest BCUT2D eigenvalue weighted by molar-refractivity contribution is 5.79. The Bertz CT molecular complexity index is 456. The van der Waals surface area contributed by atoms with Gasteiger partial charge in [-0.3, -0.25) is 9.89 Å². The van der Waals surface area contributed by atoms with Gasteiger partial charge in [0.2, 0.25) is 5.89 Å². The van der Waals surface area contributed by atoms with E-state index in [2.05, 4.69) is 15.2 Å². The molecular weight excluding hydrogens is 246 g/mol.